The summed E-state index contributed by atoms with van der Waals surface area (Å²) in [6.45, 7) is 0.703. The Morgan fingerprint density at radius 1 is 1.12 bits per heavy atom. The van der Waals surface area contributed by atoms with Crippen molar-refractivity contribution >= 4 is 37.5 Å². The SMILES string of the molecule is O=C(Nc1ccc(Br)cc1)[C@H]1CCCN(S(=O)(=O)Cc2ccccc2)C1. The van der Waals surface area contributed by atoms with E-state index in [1.54, 1.807) is 12.1 Å². The fourth-order valence-electron chi connectivity index (χ4n) is 3.06. The number of nitrogens with one attached hydrogen (secondary N) is 1. The lowest BCUT2D eigenvalue weighted by atomic mass is 9.99. The highest BCUT2D eigenvalue weighted by molar-refractivity contribution is 9.10. The quantitative estimate of drug-likeness (QED) is 0.777. The molecule has 1 aliphatic rings. The first-order chi connectivity index (χ1) is 12.4. The average Bonchev–Trinajstić information content (AvgIpc) is 2.64. The number of anilines is 1. The number of amides is 1. The molecule has 0 aliphatic carbocycles. The number of piperidine rings is 1. The Labute approximate surface area is 162 Å². The number of rotatable bonds is 5. The molecule has 1 amide bonds. The molecule has 1 fully saturated rings. The summed E-state index contributed by atoms with van der Waals surface area (Å²) in [5, 5.41) is 2.88. The second kappa shape index (κ2) is 8.33. The van der Waals surface area contributed by atoms with E-state index in [-0.39, 0.29) is 24.1 Å². The van der Waals surface area contributed by atoms with Crippen LogP contribution in [-0.2, 0) is 20.6 Å². The highest BCUT2D eigenvalue weighted by Gasteiger charge is 2.32. The van der Waals surface area contributed by atoms with Crippen LogP contribution in [0.1, 0.15) is 18.4 Å². The fourth-order valence-corrected chi connectivity index (χ4v) is 4.94. The lowest BCUT2D eigenvalue weighted by Gasteiger charge is -2.31. The molecule has 0 bridgehead atoms. The molecule has 0 saturated carbocycles. The number of halogens is 1. The second-order valence-corrected chi connectivity index (χ2v) is 9.32. The first-order valence-electron chi connectivity index (χ1n) is 8.52. The van der Waals surface area contributed by atoms with Gasteiger partial charge >= 0.3 is 0 Å². The minimum Gasteiger partial charge on any atom is -0.326 e. The molecule has 1 heterocycles. The minimum atomic E-state index is -3.43. The van der Waals surface area contributed by atoms with Crippen LogP contribution in [0.3, 0.4) is 0 Å². The largest absolute Gasteiger partial charge is 0.326 e. The predicted octanol–water partition coefficient (Wildman–Crippen LogP) is 3.63. The Hall–Kier alpha value is -1.70. The van der Waals surface area contributed by atoms with Gasteiger partial charge in [-0.25, -0.2) is 12.7 Å². The first-order valence-corrected chi connectivity index (χ1v) is 10.9. The predicted molar refractivity (Wildman–Crippen MR) is 106 cm³/mol. The van der Waals surface area contributed by atoms with Crippen LogP contribution >= 0.6 is 15.9 Å². The molecule has 26 heavy (non-hydrogen) atoms. The molecule has 1 atom stereocenters. The van der Waals surface area contributed by atoms with Crippen LogP contribution in [0.5, 0.6) is 0 Å². The molecule has 138 valence electrons. The number of hydrogen-bond acceptors (Lipinski definition) is 3. The maximum atomic E-state index is 12.7. The summed E-state index contributed by atoms with van der Waals surface area (Å²) in [6.07, 6.45) is 1.38. The van der Waals surface area contributed by atoms with E-state index in [1.807, 2.05) is 42.5 Å². The van der Waals surface area contributed by atoms with E-state index in [1.165, 1.54) is 4.31 Å². The Balaban J connectivity index is 1.64. The second-order valence-electron chi connectivity index (χ2n) is 6.44. The average molecular weight is 437 g/mol. The molecule has 5 nitrogen and oxygen atoms in total. The summed E-state index contributed by atoms with van der Waals surface area (Å²) in [7, 11) is -3.43. The van der Waals surface area contributed by atoms with Gasteiger partial charge in [-0.2, -0.15) is 0 Å². The van der Waals surface area contributed by atoms with Gasteiger partial charge in [0.1, 0.15) is 0 Å². The van der Waals surface area contributed by atoms with Crippen molar-refractivity contribution in [3.63, 3.8) is 0 Å². The number of carbonyl (C=O) groups is 1. The summed E-state index contributed by atoms with van der Waals surface area (Å²) in [4.78, 5) is 12.5. The van der Waals surface area contributed by atoms with Gasteiger partial charge in [0, 0.05) is 23.2 Å². The normalized spacial score (nSPS) is 18.4. The van der Waals surface area contributed by atoms with Crippen LogP contribution in [0.2, 0.25) is 0 Å². The van der Waals surface area contributed by atoms with Crippen molar-refractivity contribution in [3.8, 4) is 0 Å². The molecule has 7 heteroatoms. The maximum Gasteiger partial charge on any atom is 0.228 e. The number of sulfonamides is 1. The van der Waals surface area contributed by atoms with Crippen molar-refractivity contribution in [3.05, 3.63) is 64.6 Å². The molecule has 1 N–H and O–H groups in total. The van der Waals surface area contributed by atoms with Crippen molar-refractivity contribution in [1.82, 2.24) is 4.31 Å². The molecule has 1 saturated heterocycles. The van der Waals surface area contributed by atoms with E-state index in [4.69, 9.17) is 0 Å². The molecule has 3 rings (SSSR count). The zero-order valence-electron chi connectivity index (χ0n) is 14.3. The summed E-state index contributed by atoms with van der Waals surface area (Å²) >= 11 is 3.36. The Morgan fingerprint density at radius 2 is 1.81 bits per heavy atom. The summed E-state index contributed by atoms with van der Waals surface area (Å²) < 4.78 is 27.8. The van der Waals surface area contributed by atoms with Crippen LogP contribution in [0.4, 0.5) is 5.69 Å². The van der Waals surface area contributed by atoms with E-state index in [2.05, 4.69) is 21.2 Å². The molecule has 0 radical (unpaired) electrons. The summed E-state index contributed by atoms with van der Waals surface area (Å²) in [6, 6.07) is 16.5. The van der Waals surface area contributed by atoms with Gasteiger partial charge in [0.2, 0.25) is 15.9 Å². The monoisotopic (exact) mass is 436 g/mol. The zero-order valence-corrected chi connectivity index (χ0v) is 16.7. The standard InChI is InChI=1S/C19H21BrN2O3S/c20-17-8-10-18(11-9-17)21-19(23)16-7-4-12-22(13-16)26(24,25)14-15-5-2-1-3-6-15/h1-3,5-6,8-11,16H,4,7,12-14H2,(H,21,23)/t16-/m0/s1. The van der Waals surface area contributed by atoms with Gasteiger partial charge in [-0.3, -0.25) is 4.79 Å². The molecular formula is C19H21BrN2O3S. The topological polar surface area (TPSA) is 66.5 Å². The number of carbonyl (C=O) groups excluding carboxylic acids is 1. The van der Waals surface area contributed by atoms with Gasteiger partial charge in [0.15, 0.2) is 0 Å². The first kappa shape index (κ1) is 19.1. The smallest absolute Gasteiger partial charge is 0.228 e. The number of hydrogen-bond donors (Lipinski definition) is 1. The van der Waals surface area contributed by atoms with Crippen molar-refractivity contribution in [1.29, 1.82) is 0 Å². The fraction of sp³-hybridized carbons (Fsp3) is 0.316. The third kappa shape index (κ3) is 4.93. The number of nitrogens with zero attached hydrogens (tertiary/aromatic N) is 1. The molecule has 0 spiro atoms. The molecule has 2 aromatic rings. The van der Waals surface area contributed by atoms with E-state index in [9.17, 15) is 13.2 Å². The third-order valence-corrected chi connectivity index (χ3v) is 6.80. The van der Waals surface area contributed by atoms with Crippen molar-refractivity contribution in [2.75, 3.05) is 18.4 Å². The molecule has 1 aliphatic heterocycles. The minimum absolute atomic E-state index is 0.0328. The Bertz CT molecular complexity index is 854. The van der Waals surface area contributed by atoms with E-state index in [0.29, 0.717) is 25.1 Å². The van der Waals surface area contributed by atoms with E-state index >= 15 is 0 Å². The Morgan fingerprint density at radius 3 is 2.50 bits per heavy atom. The maximum absolute atomic E-state index is 12.7. The van der Waals surface area contributed by atoms with E-state index < -0.39 is 10.0 Å². The lowest BCUT2D eigenvalue weighted by molar-refractivity contribution is -0.120. The van der Waals surface area contributed by atoms with Crippen LogP contribution in [0.15, 0.2) is 59.1 Å². The molecule has 2 aromatic carbocycles. The number of benzene rings is 2. The zero-order chi connectivity index (χ0) is 18.6. The summed E-state index contributed by atoms with van der Waals surface area (Å²) in [5.74, 6) is -0.501. The van der Waals surface area contributed by atoms with E-state index in [0.717, 1.165) is 10.0 Å². The molecule has 0 unspecified atom stereocenters. The van der Waals surface area contributed by atoms with Crippen molar-refractivity contribution < 1.29 is 13.2 Å². The van der Waals surface area contributed by atoms with Gasteiger partial charge in [-0.05, 0) is 42.7 Å². The van der Waals surface area contributed by atoms with Gasteiger partial charge in [-0.1, -0.05) is 46.3 Å². The highest BCUT2D eigenvalue weighted by atomic mass is 79.9. The van der Waals surface area contributed by atoms with Gasteiger partial charge in [-0.15, -0.1) is 0 Å². The van der Waals surface area contributed by atoms with Gasteiger partial charge in [0.05, 0.1) is 11.7 Å². The molecule has 0 aromatic heterocycles. The van der Waals surface area contributed by atoms with Gasteiger partial charge < -0.3 is 5.32 Å². The molecular weight excluding hydrogens is 416 g/mol. The van der Waals surface area contributed by atoms with Crippen molar-refractivity contribution in [2.24, 2.45) is 5.92 Å². The van der Waals surface area contributed by atoms with Crippen LogP contribution in [0.25, 0.3) is 0 Å². The summed E-state index contributed by atoms with van der Waals surface area (Å²) in [5.41, 5.74) is 1.47. The Kier molecular flexibility index (Phi) is 6.11. The van der Waals surface area contributed by atoms with Crippen LogP contribution in [-0.4, -0.2) is 31.7 Å². The van der Waals surface area contributed by atoms with Crippen LogP contribution < -0.4 is 5.32 Å². The van der Waals surface area contributed by atoms with Crippen molar-refractivity contribution in [2.45, 2.75) is 18.6 Å². The third-order valence-electron chi connectivity index (χ3n) is 4.45. The van der Waals surface area contributed by atoms with Gasteiger partial charge in [0.25, 0.3) is 0 Å². The highest BCUT2D eigenvalue weighted by Crippen LogP contribution is 2.23. The van der Waals surface area contributed by atoms with Crippen LogP contribution in [0, 0.1) is 5.92 Å². The lowest BCUT2D eigenvalue weighted by Crippen LogP contribution is -2.44.